The molecule has 12 heteroatoms. The highest BCUT2D eigenvalue weighted by molar-refractivity contribution is 7.92. The van der Waals surface area contributed by atoms with Crippen LogP contribution in [0.2, 0.25) is 5.02 Å². The number of methoxy groups -OCH3 is 1. The molecule has 4 rings (SSSR count). The van der Waals surface area contributed by atoms with Crippen LogP contribution < -0.4 is 14.8 Å². The Morgan fingerprint density at radius 1 is 0.944 bits per heavy atom. The third-order valence-electron chi connectivity index (χ3n) is 5.63. The highest BCUT2D eigenvalue weighted by Crippen LogP contribution is 2.31. The summed E-state index contributed by atoms with van der Waals surface area (Å²) in [6, 6.07) is 16.3. The lowest BCUT2D eigenvalue weighted by Gasteiger charge is -2.17. The first kappa shape index (κ1) is 26.0. The van der Waals surface area contributed by atoms with Crippen molar-refractivity contribution < 1.29 is 26.4 Å². The van der Waals surface area contributed by atoms with E-state index in [2.05, 4.69) is 10.0 Å². The van der Waals surface area contributed by atoms with Gasteiger partial charge in [-0.25, -0.2) is 16.8 Å². The van der Waals surface area contributed by atoms with Crippen LogP contribution in [-0.4, -0.2) is 47.2 Å². The van der Waals surface area contributed by atoms with Gasteiger partial charge in [0.15, 0.2) is 0 Å². The minimum Gasteiger partial charge on any atom is -0.495 e. The molecular formula is C24H24ClN3O6S2. The van der Waals surface area contributed by atoms with Crippen LogP contribution in [0, 0.1) is 0 Å². The van der Waals surface area contributed by atoms with Crippen molar-refractivity contribution in [1.29, 1.82) is 0 Å². The third kappa shape index (κ3) is 5.49. The van der Waals surface area contributed by atoms with Gasteiger partial charge in [0.2, 0.25) is 10.0 Å². The zero-order chi connectivity index (χ0) is 25.9. The molecule has 0 radical (unpaired) electrons. The van der Waals surface area contributed by atoms with Gasteiger partial charge in [0.05, 0.1) is 22.7 Å². The standard InChI is InChI=1S/C24H24ClN3O6S2/c1-34-22-12-10-19(36(32,33)28-13-5-6-14-28)16-21(22)26-24(29)17-9-11-20(25)23(15-17)35(30,31)27-18-7-3-2-4-8-18/h2-4,7-12,15-16,27H,5-6,13-14H2,1H3,(H,26,29). The number of carbonyl (C=O) groups excluding carboxylic acids is 1. The SMILES string of the molecule is COc1ccc(S(=O)(=O)N2CCCC2)cc1NC(=O)c1ccc(Cl)c(S(=O)(=O)Nc2ccccc2)c1. The summed E-state index contributed by atoms with van der Waals surface area (Å²) in [5.74, 6) is -0.423. The molecular weight excluding hydrogens is 526 g/mol. The van der Waals surface area contributed by atoms with E-state index in [1.807, 2.05) is 0 Å². The molecule has 2 N–H and O–H groups in total. The molecule has 0 atom stereocenters. The summed E-state index contributed by atoms with van der Waals surface area (Å²) in [6.45, 7) is 0.879. The highest BCUT2D eigenvalue weighted by Gasteiger charge is 2.28. The van der Waals surface area contributed by atoms with Gasteiger partial charge in [-0.05, 0) is 61.4 Å². The summed E-state index contributed by atoms with van der Waals surface area (Å²) in [7, 11) is -6.43. The number of ether oxygens (including phenoxy) is 1. The van der Waals surface area contributed by atoms with Crippen molar-refractivity contribution in [2.75, 3.05) is 30.2 Å². The van der Waals surface area contributed by atoms with Crippen LogP contribution in [-0.2, 0) is 20.0 Å². The Labute approximate surface area is 215 Å². The maximum absolute atomic E-state index is 13.1. The number of amides is 1. The fourth-order valence-electron chi connectivity index (χ4n) is 3.78. The van der Waals surface area contributed by atoms with Gasteiger partial charge in [-0.3, -0.25) is 9.52 Å². The average molecular weight is 550 g/mol. The monoisotopic (exact) mass is 549 g/mol. The number of benzene rings is 3. The number of sulfonamides is 2. The van der Waals surface area contributed by atoms with Crippen molar-refractivity contribution in [3.8, 4) is 5.75 Å². The maximum atomic E-state index is 13.1. The molecule has 1 fully saturated rings. The van der Waals surface area contributed by atoms with Crippen LogP contribution in [0.3, 0.4) is 0 Å². The number of nitrogens with one attached hydrogen (secondary N) is 2. The second-order valence-electron chi connectivity index (χ2n) is 8.04. The van der Waals surface area contributed by atoms with Gasteiger partial charge in [-0.1, -0.05) is 29.8 Å². The molecule has 0 spiro atoms. The van der Waals surface area contributed by atoms with E-state index < -0.39 is 26.0 Å². The second kappa shape index (κ2) is 10.5. The predicted octanol–water partition coefficient (Wildman–Crippen LogP) is 4.19. The first-order chi connectivity index (χ1) is 17.1. The Morgan fingerprint density at radius 2 is 1.64 bits per heavy atom. The van der Waals surface area contributed by atoms with Gasteiger partial charge < -0.3 is 10.1 Å². The molecule has 1 heterocycles. The number of anilines is 2. The summed E-state index contributed by atoms with van der Waals surface area (Å²) in [6.07, 6.45) is 1.58. The van der Waals surface area contributed by atoms with E-state index in [4.69, 9.17) is 16.3 Å². The normalized spacial score (nSPS) is 14.4. The molecule has 190 valence electrons. The van der Waals surface area contributed by atoms with E-state index in [0.717, 1.165) is 18.9 Å². The summed E-state index contributed by atoms with van der Waals surface area (Å²) in [5.41, 5.74) is 0.469. The fraction of sp³-hybridized carbons (Fsp3) is 0.208. The van der Waals surface area contributed by atoms with Gasteiger partial charge in [-0.2, -0.15) is 4.31 Å². The van der Waals surface area contributed by atoms with Crippen LogP contribution in [0.1, 0.15) is 23.2 Å². The fourth-order valence-corrected chi connectivity index (χ4v) is 6.91. The van der Waals surface area contributed by atoms with Gasteiger partial charge in [-0.15, -0.1) is 0 Å². The Bertz CT molecular complexity index is 1490. The quantitative estimate of drug-likeness (QED) is 0.434. The number of carbonyl (C=O) groups is 1. The number of hydrogen-bond donors (Lipinski definition) is 2. The number of halogens is 1. The summed E-state index contributed by atoms with van der Waals surface area (Å²) >= 11 is 6.15. The molecule has 1 aliphatic heterocycles. The van der Waals surface area contributed by atoms with E-state index in [1.54, 1.807) is 30.3 Å². The van der Waals surface area contributed by atoms with Crippen molar-refractivity contribution >= 4 is 48.9 Å². The van der Waals surface area contributed by atoms with E-state index in [-0.39, 0.29) is 31.8 Å². The van der Waals surface area contributed by atoms with E-state index in [1.165, 1.54) is 41.7 Å². The number of nitrogens with zero attached hydrogens (tertiary/aromatic N) is 1. The van der Waals surface area contributed by atoms with Crippen LogP contribution in [0.5, 0.6) is 5.75 Å². The molecule has 3 aromatic carbocycles. The van der Waals surface area contributed by atoms with Gasteiger partial charge in [0.1, 0.15) is 10.6 Å². The van der Waals surface area contributed by atoms with Gasteiger partial charge >= 0.3 is 0 Å². The topological polar surface area (TPSA) is 122 Å². The Morgan fingerprint density at radius 3 is 2.31 bits per heavy atom. The molecule has 3 aromatic rings. The summed E-state index contributed by atoms with van der Waals surface area (Å²) < 4.78 is 60.9. The Kier molecular flexibility index (Phi) is 7.55. The van der Waals surface area contributed by atoms with Crippen molar-refractivity contribution in [3.63, 3.8) is 0 Å². The molecule has 0 aromatic heterocycles. The first-order valence-electron chi connectivity index (χ1n) is 11.0. The predicted molar refractivity (Wildman–Crippen MR) is 138 cm³/mol. The first-order valence-corrected chi connectivity index (χ1v) is 14.3. The van der Waals surface area contributed by atoms with E-state index >= 15 is 0 Å². The molecule has 9 nitrogen and oxygen atoms in total. The molecule has 1 amide bonds. The lowest BCUT2D eigenvalue weighted by Crippen LogP contribution is -2.28. The third-order valence-corrected chi connectivity index (χ3v) is 9.39. The summed E-state index contributed by atoms with van der Waals surface area (Å²) in [4.78, 5) is 12.8. The molecule has 0 unspecified atom stereocenters. The van der Waals surface area contributed by atoms with Crippen molar-refractivity contribution in [2.45, 2.75) is 22.6 Å². The van der Waals surface area contributed by atoms with Crippen LogP contribution in [0.15, 0.2) is 76.5 Å². The molecule has 36 heavy (non-hydrogen) atoms. The molecule has 0 aliphatic carbocycles. The lowest BCUT2D eigenvalue weighted by atomic mass is 10.2. The van der Waals surface area contributed by atoms with Crippen LogP contribution in [0.4, 0.5) is 11.4 Å². The summed E-state index contributed by atoms with van der Waals surface area (Å²) in [5, 5.41) is 2.56. The molecule has 1 aliphatic rings. The number of hydrogen-bond acceptors (Lipinski definition) is 6. The average Bonchev–Trinajstić information content (AvgIpc) is 3.40. The second-order valence-corrected chi connectivity index (χ2v) is 12.0. The van der Waals surface area contributed by atoms with Crippen LogP contribution in [0.25, 0.3) is 0 Å². The lowest BCUT2D eigenvalue weighted by molar-refractivity contribution is 0.102. The van der Waals surface area contributed by atoms with Gasteiger partial charge in [0.25, 0.3) is 15.9 Å². The van der Waals surface area contributed by atoms with Crippen molar-refractivity contribution in [1.82, 2.24) is 4.31 Å². The molecule has 0 bridgehead atoms. The number of rotatable bonds is 8. The zero-order valence-electron chi connectivity index (χ0n) is 19.3. The smallest absolute Gasteiger partial charge is 0.263 e. The van der Waals surface area contributed by atoms with Crippen LogP contribution >= 0.6 is 11.6 Å². The largest absolute Gasteiger partial charge is 0.495 e. The zero-order valence-corrected chi connectivity index (χ0v) is 21.7. The molecule has 0 saturated carbocycles. The van der Waals surface area contributed by atoms with Crippen molar-refractivity contribution in [2.24, 2.45) is 0 Å². The molecule has 1 saturated heterocycles. The minimum atomic E-state index is -4.09. The number of para-hydroxylation sites is 1. The maximum Gasteiger partial charge on any atom is 0.263 e. The minimum absolute atomic E-state index is 0.00249. The highest BCUT2D eigenvalue weighted by atomic mass is 35.5. The van der Waals surface area contributed by atoms with E-state index in [9.17, 15) is 21.6 Å². The Balaban J connectivity index is 1.63. The Hall–Kier alpha value is -3.12. The van der Waals surface area contributed by atoms with Gasteiger partial charge in [0, 0.05) is 24.3 Å². The van der Waals surface area contributed by atoms with Crippen molar-refractivity contribution in [3.05, 3.63) is 77.3 Å². The van der Waals surface area contributed by atoms with E-state index in [0.29, 0.717) is 18.8 Å².